The molecule has 0 saturated heterocycles. The van der Waals surface area contributed by atoms with Crippen LogP contribution in [0, 0.1) is 12.7 Å². The molecule has 0 aliphatic heterocycles. The summed E-state index contributed by atoms with van der Waals surface area (Å²) in [7, 11) is 1.31. The standard InChI is InChI=1S/C24H22FN5O3/c1-14-5-6-16(12-21(31)33-2)19(8-14)27-24(32)22-20-4-3-7-30(20)29-23(28-22)17-9-15(13-26)10-18(25)11-17/h3-11H,12-13,26H2,1-2H3,(H,27,32). The average molecular weight is 447 g/mol. The molecule has 9 heteroatoms. The molecule has 2 heterocycles. The average Bonchev–Trinajstić information content (AvgIpc) is 3.28. The third-order valence-corrected chi connectivity index (χ3v) is 5.13. The van der Waals surface area contributed by atoms with Gasteiger partial charge in [-0.3, -0.25) is 9.59 Å². The van der Waals surface area contributed by atoms with Crippen molar-refractivity contribution in [2.24, 2.45) is 5.73 Å². The summed E-state index contributed by atoms with van der Waals surface area (Å²) in [5.41, 5.74) is 9.23. The van der Waals surface area contributed by atoms with Crippen molar-refractivity contribution in [1.82, 2.24) is 14.6 Å². The largest absolute Gasteiger partial charge is 0.469 e. The van der Waals surface area contributed by atoms with Crippen LogP contribution in [0.3, 0.4) is 0 Å². The lowest BCUT2D eigenvalue weighted by Crippen LogP contribution is -2.18. The number of aryl methyl sites for hydroxylation is 1. The van der Waals surface area contributed by atoms with Gasteiger partial charge in [-0.25, -0.2) is 13.9 Å². The Kier molecular flexibility index (Phi) is 6.14. The summed E-state index contributed by atoms with van der Waals surface area (Å²) in [6, 6.07) is 13.1. The first kappa shape index (κ1) is 22.1. The maximum Gasteiger partial charge on any atom is 0.310 e. The molecule has 0 saturated carbocycles. The van der Waals surface area contributed by atoms with E-state index in [9.17, 15) is 14.0 Å². The molecule has 1 amide bonds. The highest BCUT2D eigenvalue weighted by Crippen LogP contribution is 2.23. The van der Waals surface area contributed by atoms with Crippen LogP contribution in [0.25, 0.3) is 16.9 Å². The highest BCUT2D eigenvalue weighted by molar-refractivity contribution is 6.08. The van der Waals surface area contributed by atoms with Crippen molar-refractivity contribution in [3.05, 3.63) is 82.9 Å². The molecule has 0 bridgehead atoms. The molecule has 4 rings (SSSR count). The van der Waals surface area contributed by atoms with E-state index in [0.29, 0.717) is 27.9 Å². The highest BCUT2D eigenvalue weighted by Gasteiger charge is 2.19. The number of carbonyl (C=O) groups is 2. The quantitative estimate of drug-likeness (QED) is 0.439. The van der Waals surface area contributed by atoms with Crippen molar-refractivity contribution in [3.63, 3.8) is 0 Å². The number of nitrogens with zero attached hydrogens (tertiary/aromatic N) is 3. The van der Waals surface area contributed by atoms with Crippen LogP contribution in [0.2, 0.25) is 0 Å². The van der Waals surface area contributed by atoms with Gasteiger partial charge in [0, 0.05) is 24.0 Å². The monoisotopic (exact) mass is 447 g/mol. The molecule has 2 aromatic carbocycles. The molecule has 33 heavy (non-hydrogen) atoms. The minimum atomic E-state index is -0.491. The van der Waals surface area contributed by atoms with Crippen LogP contribution < -0.4 is 11.1 Å². The van der Waals surface area contributed by atoms with Crippen LogP contribution in [0.4, 0.5) is 10.1 Å². The number of nitrogens with one attached hydrogen (secondary N) is 1. The predicted octanol–water partition coefficient (Wildman–Crippen LogP) is 3.27. The summed E-state index contributed by atoms with van der Waals surface area (Å²) < 4.78 is 20.3. The van der Waals surface area contributed by atoms with Gasteiger partial charge in [0.25, 0.3) is 5.91 Å². The molecule has 0 atom stereocenters. The Morgan fingerprint density at radius 3 is 2.76 bits per heavy atom. The third-order valence-electron chi connectivity index (χ3n) is 5.13. The molecule has 4 aromatic rings. The molecular formula is C24H22FN5O3. The van der Waals surface area contributed by atoms with Gasteiger partial charge in [0.05, 0.1) is 19.0 Å². The number of ether oxygens (including phenoxy) is 1. The Labute approximate surface area is 189 Å². The summed E-state index contributed by atoms with van der Waals surface area (Å²) in [5.74, 6) is -1.21. The number of fused-ring (bicyclic) bond motifs is 1. The number of methoxy groups -OCH3 is 1. The zero-order valence-corrected chi connectivity index (χ0v) is 18.1. The van der Waals surface area contributed by atoms with E-state index in [-0.39, 0.29) is 24.5 Å². The van der Waals surface area contributed by atoms with E-state index in [1.54, 1.807) is 36.5 Å². The Morgan fingerprint density at radius 1 is 1.18 bits per heavy atom. The van der Waals surface area contributed by atoms with Gasteiger partial charge in [0.1, 0.15) is 5.82 Å². The van der Waals surface area contributed by atoms with Crippen LogP contribution in [0.5, 0.6) is 0 Å². The number of esters is 1. The first-order valence-electron chi connectivity index (χ1n) is 10.2. The topological polar surface area (TPSA) is 112 Å². The van der Waals surface area contributed by atoms with Crippen LogP contribution in [-0.4, -0.2) is 33.6 Å². The van der Waals surface area contributed by atoms with E-state index >= 15 is 0 Å². The van der Waals surface area contributed by atoms with Crippen LogP contribution in [-0.2, 0) is 22.5 Å². The number of rotatable bonds is 6. The number of benzene rings is 2. The van der Waals surface area contributed by atoms with Crippen molar-refractivity contribution in [3.8, 4) is 11.4 Å². The van der Waals surface area contributed by atoms with Gasteiger partial charge >= 0.3 is 5.97 Å². The van der Waals surface area contributed by atoms with Crippen molar-refractivity contribution in [2.45, 2.75) is 19.9 Å². The minimum absolute atomic E-state index is 0.00706. The van der Waals surface area contributed by atoms with Crippen molar-refractivity contribution < 1.29 is 18.7 Å². The van der Waals surface area contributed by atoms with Crippen molar-refractivity contribution in [1.29, 1.82) is 0 Å². The molecule has 3 N–H and O–H groups in total. The summed E-state index contributed by atoms with van der Waals surface area (Å²) in [6.45, 7) is 2.03. The van der Waals surface area contributed by atoms with Crippen molar-refractivity contribution >= 4 is 23.1 Å². The summed E-state index contributed by atoms with van der Waals surface area (Å²) >= 11 is 0. The molecule has 2 aromatic heterocycles. The van der Waals surface area contributed by atoms with Crippen LogP contribution >= 0.6 is 0 Å². The first-order chi connectivity index (χ1) is 15.9. The molecule has 0 spiro atoms. The first-order valence-corrected chi connectivity index (χ1v) is 10.2. The number of hydrogen-bond donors (Lipinski definition) is 2. The second-order valence-electron chi connectivity index (χ2n) is 7.54. The van der Waals surface area contributed by atoms with E-state index in [4.69, 9.17) is 10.5 Å². The van der Waals surface area contributed by atoms with Gasteiger partial charge in [-0.15, -0.1) is 5.10 Å². The molecule has 0 unspecified atom stereocenters. The Hall–Kier alpha value is -4.11. The lowest BCUT2D eigenvalue weighted by atomic mass is 10.1. The minimum Gasteiger partial charge on any atom is -0.469 e. The zero-order valence-electron chi connectivity index (χ0n) is 18.1. The van der Waals surface area contributed by atoms with E-state index in [1.165, 1.54) is 23.8 Å². The Bertz CT molecular complexity index is 1370. The summed E-state index contributed by atoms with van der Waals surface area (Å²) in [4.78, 5) is 29.5. The molecule has 168 valence electrons. The van der Waals surface area contributed by atoms with Gasteiger partial charge in [-0.1, -0.05) is 12.1 Å². The molecule has 0 radical (unpaired) electrons. The number of carbonyl (C=O) groups excluding carboxylic acids is 2. The molecule has 0 aliphatic carbocycles. The molecular weight excluding hydrogens is 425 g/mol. The van der Waals surface area contributed by atoms with E-state index in [2.05, 4.69) is 15.4 Å². The van der Waals surface area contributed by atoms with Gasteiger partial charge in [-0.05, 0) is 60.0 Å². The van der Waals surface area contributed by atoms with Gasteiger partial charge in [0.15, 0.2) is 11.5 Å². The zero-order chi connectivity index (χ0) is 23.5. The van der Waals surface area contributed by atoms with Gasteiger partial charge < -0.3 is 15.8 Å². The smallest absolute Gasteiger partial charge is 0.310 e. The van der Waals surface area contributed by atoms with Crippen LogP contribution in [0.15, 0.2) is 54.7 Å². The fourth-order valence-electron chi connectivity index (χ4n) is 3.49. The number of nitrogens with two attached hydrogens (primary N) is 1. The molecule has 0 fully saturated rings. The highest BCUT2D eigenvalue weighted by atomic mass is 19.1. The second-order valence-corrected chi connectivity index (χ2v) is 7.54. The third kappa shape index (κ3) is 4.73. The van der Waals surface area contributed by atoms with Gasteiger partial charge in [0.2, 0.25) is 0 Å². The molecule has 8 nitrogen and oxygen atoms in total. The van der Waals surface area contributed by atoms with E-state index < -0.39 is 17.7 Å². The maximum absolute atomic E-state index is 14.1. The predicted molar refractivity (Wildman–Crippen MR) is 121 cm³/mol. The summed E-state index contributed by atoms with van der Waals surface area (Å²) in [6.07, 6.45) is 1.68. The SMILES string of the molecule is COC(=O)Cc1ccc(C)cc1NC(=O)c1nc(-c2cc(F)cc(CN)c2)nn2cccc12. The Balaban J connectivity index is 1.76. The van der Waals surface area contributed by atoms with Gasteiger partial charge in [-0.2, -0.15) is 0 Å². The fraction of sp³-hybridized carbons (Fsp3) is 0.167. The normalized spacial score (nSPS) is 10.9. The number of hydrogen-bond acceptors (Lipinski definition) is 6. The lowest BCUT2D eigenvalue weighted by molar-refractivity contribution is -0.139. The van der Waals surface area contributed by atoms with Crippen LogP contribution in [0.1, 0.15) is 27.2 Å². The van der Waals surface area contributed by atoms with Crippen molar-refractivity contribution in [2.75, 3.05) is 12.4 Å². The Morgan fingerprint density at radius 2 is 2.00 bits per heavy atom. The molecule has 0 aliphatic rings. The second kappa shape index (κ2) is 9.17. The lowest BCUT2D eigenvalue weighted by Gasteiger charge is -2.13. The number of halogens is 1. The summed E-state index contributed by atoms with van der Waals surface area (Å²) in [5, 5.41) is 7.26. The number of aromatic nitrogens is 3. The number of anilines is 1. The fourth-order valence-corrected chi connectivity index (χ4v) is 3.49. The van der Waals surface area contributed by atoms with E-state index in [1.807, 2.05) is 13.0 Å². The number of amides is 1. The van der Waals surface area contributed by atoms with E-state index in [0.717, 1.165) is 5.56 Å². The maximum atomic E-state index is 14.1.